The van der Waals surface area contributed by atoms with Crippen LogP contribution in [0, 0.1) is 5.92 Å². The quantitative estimate of drug-likeness (QED) is 0.821. The van der Waals surface area contributed by atoms with Gasteiger partial charge in [0.2, 0.25) is 0 Å². The van der Waals surface area contributed by atoms with Crippen molar-refractivity contribution in [1.29, 1.82) is 0 Å². The Hall–Kier alpha value is -0.640. The number of aromatic nitrogens is 1. The van der Waals surface area contributed by atoms with Crippen molar-refractivity contribution in [3.8, 4) is 0 Å². The number of hydrogen-bond acceptors (Lipinski definition) is 3. The van der Waals surface area contributed by atoms with Crippen molar-refractivity contribution in [2.75, 3.05) is 19.7 Å². The van der Waals surface area contributed by atoms with Crippen molar-refractivity contribution in [3.05, 3.63) is 29.0 Å². The molecule has 1 aliphatic rings. The van der Waals surface area contributed by atoms with Gasteiger partial charge in [-0.1, -0.05) is 11.6 Å². The second kappa shape index (κ2) is 5.62. The van der Waals surface area contributed by atoms with Gasteiger partial charge in [0.25, 0.3) is 0 Å². The molecule has 1 N–H and O–H groups in total. The minimum Gasteiger partial charge on any atom is -0.396 e. The number of rotatable bonds is 3. The van der Waals surface area contributed by atoms with E-state index in [1.165, 1.54) is 5.56 Å². The summed E-state index contributed by atoms with van der Waals surface area (Å²) in [5.74, 6) is 0.497. The van der Waals surface area contributed by atoms with Gasteiger partial charge in [-0.3, -0.25) is 4.90 Å². The maximum absolute atomic E-state index is 9.06. The molecule has 3 nitrogen and oxygen atoms in total. The fraction of sp³-hybridized carbons (Fsp3) is 0.583. The second-order valence-corrected chi connectivity index (χ2v) is 4.78. The summed E-state index contributed by atoms with van der Waals surface area (Å²) in [6.45, 7) is 3.38. The number of nitrogens with zero attached hydrogens (tertiary/aromatic N) is 2. The van der Waals surface area contributed by atoms with E-state index in [1.54, 1.807) is 6.20 Å². The SMILES string of the molecule is OCC1CCN(Cc2ccnc(Cl)c2)CC1. The minimum atomic E-state index is 0.328. The summed E-state index contributed by atoms with van der Waals surface area (Å²) in [7, 11) is 0. The summed E-state index contributed by atoms with van der Waals surface area (Å²) in [6.07, 6.45) is 3.93. The number of aliphatic hydroxyl groups excluding tert-OH is 1. The molecule has 0 unspecified atom stereocenters. The standard InChI is InChI=1S/C12H17ClN2O/c13-12-7-11(1-4-14-12)8-15-5-2-10(9-16)3-6-15/h1,4,7,10,16H,2-3,5-6,8-9H2. The molecule has 0 saturated carbocycles. The lowest BCUT2D eigenvalue weighted by Gasteiger charge is -2.30. The van der Waals surface area contributed by atoms with Crippen LogP contribution >= 0.6 is 11.6 Å². The maximum Gasteiger partial charge on any atom is 0.129 e. The molecule has 0 radical (unpaired) electrons. The summed E-state index contributed by atoms with van der Waals surface area (Å²) < 4.78 is 0. The van der Waals surface area contributed by atoms with Gasteiger partial charge in [-0.25, -0.2) is 4.98 Å². The highest BCUT2D eigenvalue weighted by molar-refractivity contribution is 6.29. The Labute approximate surface area is 101 Å². The monoisotopic (exact) mass is 240 g/mol. The lowest BCUT2D eigenvalue weighted by atomic mass is 9.97. The van der Waals surface area contributed by atoms with Gasteiger partial charge in [-0.2, -0.15) is 0 Å². The van der Waals surface area contributed by atoms with Crippen LogP contribution in [-0.4, -0.2) is 34.7 Å². The first-order valence-corrected chi connectivity index (χ1v) is 6.09. The van der Waals surface area contributed by atoms with E-state index in [4.69, 9.17) is 16.7 Å². The highest BCUT2D eigenvalue weighted by Gasteiger charge is 2.18. The molecule has 0 aliphatic carbocycles. The van der Waals surface area contributed by atoms with Crippen LogP contribution in [0.4, 0.5) is 0 Å². The van der Waals surface area contributed by atoms with Crippen LogP contribution in [0.2, 0.25) is 5.15 Å². The van der Waals surface area contributed by atoms with Crippen molar-refractivity contribution in [3.63, 3.8) is 0 Å². The summed E-state index contributed by atoms with van der Waals surface area (Å²) in [5, 5.41) is 9.62. The van der Waals surface area contributed by atoms with Gasteiger partial charge >= 0.3 is 0 Å². The maximum atomic E-state index is 9.06. The Balaban J connectivity index is 1.87. The van der Waals surface area contributed by atoms with E-state index >= 15 is 0 Å². The Morgan fingerprint density at radius 3 is 2.81 bits per heavy atom. The molecule has 1 fully saturated rings. The molecule has 0 bridgehead atoms. The van der Waals surface area contributed by atoms with Crippen LogP contribution in [0.3, 0.4) is 0 Å². The van der Waals surface area contributed by atoms with Crippen LogP contribution in [0.1, 0.15) is 18.4 Å². The number of halogens is 1. The van der Waals surface area contributed by atoms with Crippen LogP contribution < -0.4 is 0 Å². The van der Waals surface area contributed by atoms with Crippen LogP contribution in [0.25, 0.3) is 0 Å². The van der Waals surface area contributed by atoms with Crippen LogP contribution in [-0.2, 0) is 6.54 Å². The number of likely N-dealkylation sites (tertiary alicyclic amines) is 1. The third kappa shape index (κ3) is 3.17. The summed E-state index contributed by atoms with van der Waals surface area (Å²) in [6, 6.07) is 3.92. The van der Waals surface area contributed by atoms with Crippen LogP contribution in [0.15, 0.2) is 18.3 Å². The molecular formula is C12H17ClN2O. The minimum absolute atomic E-state index is 0.328. The Morgan fingerprint density at radius 2 is 2.19 bits per heavy atom. The predicted molar refractivity (Wildman–Crippen MR) is 64.3 cm³/mol. The Bertz CT molecular complexity index is 338. The van der Waals surface area contributed by atoms with Crippen molar-refractivity contribution in [2.24, 2.45) is 5.92 Å². The van der Waals surface area contributed by atoms with Gasteiger partial charge in [0.15, 0.2) is 0 Å². The first kappa shape index (κ1) is 11.8. The molecule has 4 heteroatoms. The van der Waals surface area contributed by atoms with E-state index in [0.29, 0.717) is 17.7 Å². The number of piperidine rings is 1. The molecule has 1 saturated heterocycles. The highest BCUT2D eigenvalue weighted by Crippen LogP contribution is 2.18. The first-order valence-electron chi connectivity index (χ1n) is 5.71. The van der Waals surface area contributed by atoms with E-state index in [9.17, 15) is 0 Å². The molecule has 88 valence electrons. The molecule has 2 rings (SSSR count). The van der Waals surface area contributed by atoms with E-state index in [-0.39, 0.29) is 0 Å². The van der Waals surface area contributed by atoms with Crippen molar-refractivity contribution >= 4 is 11.6 Å². The molecule has 0 atom stereocenters. The van der Waals surface area contributed by atoms with Gasteiger partial charge in [-0.05, 0) is 49.5 Å². The Morgan fingerprint density at radius 1 is 1.44 bits per heavy atom. The summed E-state index contributed by atoms with van der Waals surface area (Å²) >= 11 is 5.85. The zero-order valence-electron chi connectivity index (χ0n) is 9.27. The van der Waals surface area contributed by atoms with Gasteiger partial charge in [0.1, 0.15) is 5.15 Å². The fourth-order valence-corrected chi connectivity index (χ4v) is 2.32. The largest absolute Gasteiger partial charge is 0.396 e. The average molecular weight is 241 g/mol. The molecule has 0 aromatic carbocycles. The third-order valence-electron chi connectivity index (χ3n) is 3.16. The number of pyridine rings is 1. The molecule has 1 aromatic heterocycles. The topological polar surface area (TPSA) is 36.4 Å². The predicted octanol–water partition coefficient (Wildman–Crippen LogP) is 1.94. The molecule has 2 heterocycles. The van der Waals surface area contributed by atoms with E-state index in [1.807, 2.05) is 12.1 Å². The molecule has 1 aromatic rings. The fourth-order valence-electron chi connectivity index (χ4n) is 2.13. The van der Waals surface area contributed by atoms with Crippen LogP contribution in [0.5, 0.6) is 0 Å². The number of aliphatic hydroxyl groups is 1. The van der Waals surface area contributed by atoms with E-state index < -0.39 is 0 Å². The molecular weight excluding hydrogens is 224 g/mol. The average Bonchev–Trinajstić information content (AvgIpc) is 2.30. The van der Waals surface area contributed by atoms with Gasteiger partial charge < -0.3 is 5.11 Å². The van der Waals surface area contributed by atoms with Crippen molar-refractivity contribution in [1.82, 2.24) is 9.88 Å². The second-order valence-electron chi connectivity index (χ2n) is 4.39. The van der Waals surface area contributed by atoms with Gasteiger partial charge in [-0.15, -0.1) is 0 Å². The van der Waals surface area contributed by atoms with E-state index in [2.05, 4.69) is 9.88 Å². The third-order valence-corrected chi connectivity index (χ3v) is 3.37. The van der Waals surface area contributed by atoms with Crippen molar-refractivity contribution < 1.29 is 5.11 Å². The molecule has 16 heavy (non-hydrogen) atoms. The molecule has 1 aliphatic heterocycles. The number of hydrogen-bond donors (Lipinski definition) is 1. The summed E-state index contributed by atoms with van der Waals surface area (Å²) in [5.41, 5.74) is 1.21. The molecule has 0 amide bonds. The molecule has 0 spiro atoms. The highest BCUT2D eigenvalue weighted by atomic mass is 35.5. The van der Waals surface area contributed by atoms with Crippen molar-refractivity contribution in [2.45, 2.75) is 19.4 Å². The van der Waals surface area contributed by atoms with Gasteiger partial charge in [0, 0.05) is 19.3 Å². The smallest absolute Gasteiger partial charge is 0.129 e. The normalized spacial score (nSPS) is 18.9. The lowest BCUT2D eigenvalue weighted by molar-refractivity contribution is 0.127. The zero-order valence-corrected chi connectivity index (χ0v) is 10.0. The van der Waals surface area contributed by atoms with E-state index in [0.717, 1.165) is 32.5 Å². The Kier molecular flexibility index (Phi) is 4.16. The first-order chi connectivity index (χ1) is 7.78. The summed E-state index contributed by atoms with van der Waals surface area (Å²) in [4.78, 5) is 6.37. The van der Waals surface area contributed by atoms with Gasteiger partial charge in [0.05, 0.1) is 0 Å². The lowest BCUT2D eigenvalue weighted by Crippen LogP contribution is -2.34. The zero-order chi connectivity index (χ0) is 11.4.